The smallest absolute Gasteiger partial charge is 0.410 e. The van der Waals surface area contributed by atoms with Crippen molar-refractivity contribution in [3.05, 3.63) is 35.9 Å². The molecule has 0 N–H and O–H groups in total. The fourth-order valence-electron chi connectivity index (χ4n) is 7.48. The number of amides is 1. The highest BCUT2D eigenvalue weighted by Gasteiger charge is 2.69. The molecule has 214 valence electrons. The van der Waals surface area contributed by atoms with Crippen LogP contribution < -0.4 is 0 Å². The standard InChI is InChI=1S/C29H39NO9/c1-17-10-11-22-18(2)25(36-26-29(22)21(17)12-13-28(3,37-26)38-39-29)35-20-14-23(24(31)33-4)30(15-20)27(32)34-16-19-8-6-5-7-9-19/h5-9,17-18,20-23,25-26H,10-16H2,1-4H3/t17-,18-,20-,21+,22+,23+,25+,26-,28-,29-/m1/s1. The maximum Gasteiger partial charge on any atom is 0.410 e. The zero-order valence-corrected chi connectivity index (χ0v) is 23.1. The van der Waals surface area contributed by atoms with Crippen molar-refractivity contribution in [3.63, 3.8) is 0 Å². The molecule has 0 aromatic heterocycles. The minimum atomic E-state index is -0.870. The van der Waals surface area contributed by atoms with Gasteiger partial charge in [-0.1, -0.05) is 44.2 Å². The van der Waals surface area contributed by atoms with Crippen molar-refractivity contribution >= 4 is 12.1 Å². The summed E-state index contributed by atoms with van der Waals surface area (Å²) < 4.78 is 30.0. The summed E-state index contributed by atoms with van der Waals surface area (Å²) in [7, 11) is 1.32. The monoisotopic (exact) mass is 545 g/mol. The van der Waals surface area contributed by atoms with Gasteiger partial charge in [0.1, 0.15) is 12.6 Å². The Morgan fingerprint density at radius 1 is 1.08 bits per heavy atom. The van der Waals surface area contributed by atoms with Crippen LogP contribution in [0.25, 0.3) is 0 Å². The number of hydrogen-bond donors (Lipinski definition) is 0. The molecule has 5 aliphatic heterocycles. The highest BCUT2D eigenvalue weighted by atomic mass is 17.3. The summed E-state index contributed by atoms with van der Waals surface area (Å²) in [5, 5.41) is 0. The number of carbonyl (C=O) groups is 2. The van der Waals surface area contributed by atoms with Gasteiger partial charge >= 0.3 is 12.1 Å². The van der Waals surface area contributed by atoms with Gasteiger partial charge in [0.25, 0.3) is 0 Å². The lowest BCUT2D eigenvalue weighted by atomic mass is 9.58. The van der Waals surface area contributed by atoms with Gasteiger partial charge in [-0.3, -0.25) is 4.90 Å². The minimum absolute atomic E-state index is 0.0124. The summed E-state index contributed by atoms with van der Waals surface area (Å²) in [5.41, 5.74) is 0.188. The third-order valence-corrected chi connectivity index (χ3v) is 9.60. The van der Waals surface area contributed by atoms with Crippen molar-refractivity contribution in [2.75, 3.05) is 13.7 Å². The van der Waals surface area contributed by atoms with Gasteiger partial charge in [-0.05, 0) is 43.6 Å². The topological polar surface area (TPSA) is 102 Å². The average Bonchev–Trinajstić information content (AvgIpc) is 3.23. The Bertz CT molecular complexity index is 1070. The number of hydrogen-bond acceptors (Lipinski definition) is 9. The molecule has 1 amide bonds. The molecule has 7 rings (SSSR count). The number of benzene rings is 1. The van der Waals surface area contributed by atoms with E-state index >= 15 is 0 Å². The molecule has 10 heteroatoms. The van der Waals surface area contributed by atoms with Crippen LogP contribution in [-0.4, -0.2) is 66.7 Å². The lowest BCUT2D eigenvalue weighted by Crippen LogP contribution is -2.70. The lowest BCUT2D eigenvalue weighted by Gasteiger charge is -2.60. The van der Waals surface area contributed by atoms with Crippen LogP contribution in [0.5, 0.6) is 0 Å². The molecular formula is C29H39NO9. The zero-order chi connectivity index (χ0) is 27.4. The molecule has 1 saturated carbocycles. The molecule has 2 bridgehead atoms. The van der Waals surface area contributed by atoms with Crippen LogP contribution in [0.15, 0.2) is 30.3 Å². The predicted octanol–water partition coefficient (Wildman–Crippen LogP) is 4.16. The molecule has 5 saturated heterocycles. The highest BCUT2D eigenvalue weighted by molar-refractivity contribution is 5.82. The van der Waals surface area contributed by atoms with Crippen LogP contribution in [0.1, 0.15) is 58.4 Å². The summed E-state index contributed by atoms with van der Waals surface area (Å²) in [6.45, 7) is 6.60. The largest absolute Gasteiger partial charge is 0.467 e. The lowest BCUT2D eigenvalue weighted by molar-refractivity contribution is -0.578. The number of carbonyl (C=O) groups excluding carboxylic acids is 2. The van der Waals surface area contributed by atoms with Crippen LogP contribution in [0.3, 0.4) is 0 Å². The van der Waals surface area contributed by atoms with Crippen LogP contribution in [0, 0.1) is 23.7 Å². The van der Waals surface area contributed by atoms with Crippen LogP contribution in [-0.2, 0) is 44.9 Å². The Morgan fingerprint density at radius 3 is 2.64 bits per heavy atom. The highest BCUT2D eigenvalue weighted by Crippen LogP contribution is 2.60. The maximum absolute atomic E-state index is 13.0. The molecule has 0 unspecified atom stereocenters. The fraction of sp³-hybridized carbons (Fsp3) is 0.724. The van der Waals surface area contributed by atoms with E-state index in [-0.39, 0.29) is 37.3 Å². The molecule has 39 heavy (non-hydrogen) atoms. The minimum Gasteiger partial charge on any atom is -0.467 e. The SMILES string of the molecule is COC(=O)[C@@H]1C[C@@H](O[C@H]2O[C@@H]3O[C@@]4(C)CC[C@H]5[C@H](C)CC[C@@H]([C@H]2C)[C@@]35OO4)CN1C(=O)OCc1ccccc1. The molecule has 6 aliphatic rings. The number of ether oxygens (including phenoxy) is 5. The summed E-state index contributed by atoms with van der Waals surface area (Å²) in [4.78, 5) is 39.2. The first-order chi connectivity index (χ1) is 18.7. The van der Waals surface area contributed by atoms with Gasteiger partial charge in [0, 0.05) is 24.7 Å². The van der Waals surface area contributed by atoms with Gasteiger partial charge in [0.2, 0.25) is 5.79 Å². The summed E-state index contributed by atoms with van der Waals surface area (Å²) >= 11 is 0. The number of esters is 1. The molecule has 1 aliphatic carbocycles. The van der Waals surface area contributed by atoms with Gasteiger partial charge in [-0.2, -0.15) is 0 Å². The Hall–Kier alpha value is -2.24. The van der Waals surface area contributed by atoms with Crippen molar-refractivity contribution in [1.29, 1.82) is 0 Å². The first-order valence-electron chi connectivity index (χ1n) is 14.1. The van der Waals surface area contributed by atoms with Crippen LogP contribution >= 0.6 is 0 Å². The van der Waals surface area contributed by atoms with E-state index in [9.17, 15) is 9.59 Å². The fourth-order valence-corrected chi connectivity index (χ4v) is 7.48. The third-order valence-electron chi connectivity index (χ3n) is 9.60. The molecular weight excluding hydrogens is 506 g/mol. The molecule has 0 radical (unpaired) electrons. The second kappa shape index (κ2) is 10.3. The van der Waals surface area contributed by atoms with E-state index in [0.29, 0.717) is 5.92 Å². The Labute approximate surface area is 229 Å². The van der Waals surface area contributed by atoms with Gasteiger partial charge in [0.05, 0.1) is 19.8 Å². The van der Waals surface area contributed by atoms with E-state index in [1.54, 1.807) is 0 Å². The van der Waals surface area contributed by atoms with E-state index in [4.69, 9.17) is 33.5 Å². The molecule has 10 atom stereocenters. The molecule has 10 nitrogen and oxygen atoms in total. The predicted molar refractivity (Wildman–Crippen MR) is 135 cm³/mol. The van der Waals surface area contributed by atoms with E-state index < -0.39 is 48.2 Å². The summed E-state index contributed by atoms with van der Waals surface area (Å²) in [6.07, 6.45) is 1.80. The van der Waals surface area contributed by atoms with Crippen LogP contribution in [0.2, 0.25) is 0 Å². The molecule has 1 aromatic rings. The van der Waals surface area contributed by atoms with Crippen LogP contribution in [0.4, 0.5) is 4.79 Å². The Morgan fingerprint density at radius 2 is 1.87 bits per heavy atom. The molecule has 6 fully saturated rings. The third kappa shape index (κ3) is 4.64. The quantitative estimate of drug-likeness (QED) is 0.399. The van der Waals surface area contributed by atoms with E-state index in [1.165, 1.54) is 12.0 Å². The number of methoxy groups -OCH3 is 1. The number of likely N-dealkylation sites (tertiary alicyclic amines) is 1. The Balaban J connectivity index is 1.17. The first-order valence-corrected chi connectivity index (χ1v) is 14.1. The second-order valence-electron chi connectivity index (χ2n) is 12.0. The van der Waals surface area contributed by atoms with Gasteiger partial charge < -0.3 is 23.7 Å². The van der Waals surface area contributed by atoms with Crippen molar-refractivity contribution in [1.82, 2.24) is 4.90 Å². The molecule has 5 heterocycles. The van der Waals surface area contributed by atoms with Crippen molar-refractivity contribution < 1.29 is 43.0 Å². The number of nitrogens with zero attached hydrogens (tertiary/aromatic N) is 1. The van der Waals surface area contributed by atoms with Crippen molar-refractivity contribution in [3.8, 4) is 0 Å². The molecule has 1 aromatic carbocycles. The summed E-state index contributed by atoms with van der Waals surface area (Å²) in [5.74, 6) is -0.529. The average molecular weight is 546 g/mol. The molecule has 1 spiro atoms. The second-order valence-corrected chi connectivity index (χ2v) is 12.0. The van der Waals surface area contributed by atoms with Gasteiger partial charge in [-0.15, -0.1) is 0 Å². The van der Waals surface area contributed by atoms with Crippen molar-refractivity contribution in [2.24, 2.45) is 23.7 Å². The van der Waals surface area contributed by atoms with Gasteiger partial charge in [0.15, 0.2) is 18.2 Å². The number of fused-ring (bicyclic) bond motifs is 2. The zero-order valence-electron chi connectivity index (χ0n) is 23.1. The van der Waals surface area contributed by atoms with Gasteiger partial charge in [-0.25, -0.2) is 19.4 Å². The van der Waals surface area contributed by atoms with E-state index in [2.05, 4.69) is 13.8 Å². The first kappa shape index (κ1) is 27.0. The van der Waals surface area contributed by atoms with E-state index in [0.717, 1.165) is 31.2 Å². The van der Waals surface area contributed by atoms with E-state index in [1.807, 2.05) is 37.3 Å². The van der Waals surface area contributed by atoms with Crippen molar-refractivity contribution in [2.45, 2.75) is 95.6 Å². The summed E-state index contributed by atoms with van der Waals surface area (Å²) in [6, 6.07) is 8.62. The normalized spacial score (nSPS) is 42.9. The Kier molecular flexibility index (Phi) is 7.12. The number of rotatable bonds is 5. The maximum atomic E-state index is 13.0.